The molecule has 1 aliphatic rings. The second-order valence-corrected chi connectivity index (χ2v) is 17.0. The first kappa shape index (κ1) is 29.5. The number of piperidine rings is 1. The van der Waals surface area contributed by atoms with E-state index in [1.807, 2.05) is 48.5 Å². The fourth-order valence-corrected chi connectivity index (χ4v) is 6.07. The summed E-state index contributed by atoms with van der Waals surface area (Å²) >= 11 is 3.42. The summed E-state index contributed by atoms with van der Waals surface area (Å²) in [5.74, 6) is 0. The van der Waals surface area contributed by atoms with Crippen LogP contribution < -0.4 is 11.1 Å². The first-order chi connectivity index (χ1) is 17.4. The second kappa shape index (κ2) is 12.6. The van der Waals surface area contributed by atoms with Crippen molar-refractivity contribution < 1.29 is 19.1 Å². The topological polar surface area (TPSA) is 97.0 Å². The second-order valence-electron chi connectivity index (χ2n) is 11.4. The predicted molar refractivity (Wildman–Crippen MR) is 156 cm³/mol. The van der Waals surface area contributed by atoms with Crippen LogP contribution in [0.3, 0.4) is 0 Å². The van der Waals surface area contributed by atoms with Gasteiger partial charge in [-0.25, -0.2) is 4.79 Å². The third-order valence-corrected chi connectivity index (χ3v) is 12.5. The molecule has 1 saturated heterocycles. The van der Waals surface area contributed by atoms with Gasteiger partial charge in [-0.3, -0.25) is 0 Å². The standard InChI is InChI=1S/C28H42BrN3O4Si/c1-28(2,3)37(4,5)36-26-12-9-15-32(27(34)35-19-20-10-7-6-8-11-20)25(26)17-22(33)18-31-24-14-13-21(29)16-23(24)30/h6-8,10-11,13-14,16,22,25-26,31,33H,9,12,15,17-19,30H2,1-5H3/t22?,25-,26+/m1/s1. The lowest BCUT2D eigenvalue weighted by Crippen LogP contribution is -2.57. The Hall–Kier alpha value is -2.07. The normalized spacial score (nSPS) is 19.4. The number of carbonyl (C=O) groups is 1. The molecule has 204 valence electrons. The summed E-state index contributed by atoms with van der Waals surface area (Å²) in [6.07, 6.45) is 0.824. The van der Waals surface area contributed by atoms with Gasteiger partial charge in [0.2, 0.25) is 0 Å². The van der Waals surface area contributed by atoms with Crippen LogP contribution >= 0.6 is 15.9 Å². The number of nitrogens with zero attached hydrogens (tertiary/aromatic N) is 1. The van der Waals surface area contributed by atoms with Crippen molar-refractivity contribution in [2.75, 3.05) is 24.1 Å². The molecule has 1 aliphatic heterocycles. The Bertz CT molecular complexity index is 1030. The van der Waals surface area contributed by atoms with Crippen LogP contribution in [-0.2, 0) is 15.8 Å². The van der Waals surface area contributed by atoms with Gasteiger partial charge in [-0.05, 0) is 61.2 Å². The molecule has 1 unspecified atom stereocenters. The highest BCUT2D eigenvalue weighted by Crippen LogP contribution is 2.39. The van der Waals surface area contributed by atoms with Gasteiger partial charge in [0.15, 0.2) is 8.32 Å². The Kier molecular flexibility index (Phi) is 10.1. The van der Waals surface area contributed by atoms with Gasteiger partial charge in [-0.1, -0.05) is 67.0 Å². The average molecular weight is 593 g/mol. The van der Waals surface area contributed by atoms with Gasteiger partial charge >= 0.3 is 6.09 Å². The number of aliphatic hydroxyl groups excluding tert-OH is 1. The minimum atomic E-state index is -2.10. The number of halogens is 1. The molecule has 1 fully saturated rings. The van der Waals surface area contributed by atoms with Gasteiger partial charge in [-0.15, -0.1) is 0 Å². The fraction of sp³-hybridized carbons (Fsp3) is 0.536. The third-order valence-electron chi connectivity index (χ3n) is 7.46. The van der Waals surface area contributed by atoms with Crippen LogP contribution in [0.25, 0.3) is 0 Å². The molecule has 0 aromatic heterocycles. The summed E-state index contributed by atoms with van der Waals surface area (Å²) in [7, 11) is -2.10. The summed E-state index contributed by atoms with van der Waals surface area (Å²) in [6, 6.07) is 15.0. The Balaban J connectivity index is 1.74. The zero-order valence-corrected chi connectivity index (χ0v) is 25.3. The molecule has 4 N–H and O–H groups in total. The molecule has 2 aromatic rings. The van der Waals surface area contributed by atoms with E-state index in [2.05, 4.69) is 55.1 Å². The highest BCUT2D eigenvalue weighted by atomic mass is 79.9. The third kappa shape index (κ3) is 8.20. The van der Waals surface area contributed by atoms with Crippen molar-refractivity contribution in [3.8, 4) is 0 Å². The number of nitrogens with two attached hydrogens (primary N) is 1. The number of rotatable bonds is 9. The van der Waals surface area contributed by atoms with E-state index in [0.29, 0.717) is 25.2 Å². The highest BCUT2D eigenvalue weighted by Gasteiger charge is 2.44. The van der Waals surface area contributed by atoms with Crippen LogP contribution in [0.15, 0.2) is 53.0 Å². The minimum absolute atomic E-state index is 0.0346. The largest absolute Gasteiger partial charge is 0.445 e. The molecule has 37 heavy (non-hydrogen) atoms. The van der Waals surface area contributed by atoms with Crippen molar-refractivity contribution in [2.24, 2.45) is 0 Å². The molecule has 0 aliphatic carbocycles. The Morgan fingerprint density at radius 3 is 2.59 bits per heavy atom. The van der Waals surface area contributed by atoms with Gasteiger partial charge in [0, 0.05) is 17.6 Å². The van der Waals surface area contributed by atoms with Gasteiger partial charge < -0.3 is 30.2 Å². The lowest BCUT2D eigenvalue weighted by atomic mass is 9.94. The Morgan fingerprint density at radius 2 is 1.95 bits per heavy atom. The molecule has 1 heterocycles. The van der Waals surface area contributed by atoms with E-state index in [1.165, 1.54) is 0 Å². The monoisotopic (exact) mass is 591 g/mol. The maximum atomic E-state index is 13.3. The van der Waals surface area contributed by atoms with Crippen LogP contribution in [0.2, 0.25) is 18.1 Å². The zero-order chi connectivity index (χ0) is 27.2. The van der Waals surface area contributed by atoms with Crippen LogP contribution in [-0.4, -0.2) is 55.8 Å². The Labute approximate surface area is 231 Å². The van der Waals surface area contributed by atoms with E-state index < -0.39 is 14.4 Å². The summed E-state index contributed by atoms with van der Waals surface area (Å²) in [5, 5.41) is 14.3. The van der Waals surface area contributed by atoms with Crippen molar-refractivity contribution in [2.45, 2.75) is 83.0 Å². The number of hydrogen-bond acceptors (Lipinski definition) is 6. The van der Waals surface area contributed by atoms with Crippen molar-refractivity contribution in [1.29, 1.82) is 0 Å². The number of benzene rings is 2. The smallest absolute Gasteiger partial charge is 0.410 e. The number of anilines is 2. The number of aliphatic hydroxyl groups is 1. The fourth-order valence-electron chi connectivity index (χ4n) is 4.31. The molecule has 7 nitrogen and oxygen atoms in total. The van der Waals surface area contributed by atoms with Crippen molar-refractivity contribution >= 4 is 41.7 Å². The maximum absolute atomic E-state index is 13.3. The first-order valence-electron chi connectivity index (χ1n) is 13.0. The van der Waals surface area contributed by atoms with E-state index in [4.69, 9.17) is 14.9 Å². The predicted octanol–water partition coefficient (Wildman–Crippen LogP) is 6.39. The summed E-state index contributed by atoms with van der Waals surface area (Å²) in [4.78, 5) is 15.0. The van der Waals surface area contributed by atoms with E-state index in [1.54, 1.807) is 4.90 Å². The van der Waals surface area contributed by atoms with Gasteiger partial charge in [-0.2, -0.15) is 0 Å². The number of amides is 1. The molecular formula is C28H42BrN3O4Si. The molecule has 0 bridgehead atoms. The molecule has 9 heteroatoms. The molecule has 3 rings (SSSR count). The highest BCUT2D eigenvalue weighted by molar-refractivity contribution is 9.10. The molecule has 2 aromatic carbocycles. The van der Waals surface area contributed by atoms with Gasteiger partial charge in [0.25, 0.3) is 0 Å². The number of carbonyl (C=O) groups excluding carboxylic acids is 1. The lowest BCUT2D eigenvalue weighted by molar-refractivity contribution is -0.00913. The molecule has 3 atom stereocenters. The quantitative estimate of drug-likeness (QED) is 0.231. The number of nitrogens with one attached hydrogen (secondary N) is 1. The zero-order valence-electron chi connectivity index (χ0n) is 22.7. The molecular weight excluding hydrogens is 550 g/mol. The summed E-state index contributed by atoms with van der Waals surface area (Å²) in [6.45, 7) is 12.2. The lowest BCUT2D eigenvalue weighted by Gasteiger charge is -2.46. The van der Waals surface area contributed by atoms with E-state index in [9.17, 15) is 9.90 Å². The van der Waals surface area contributed by atoms with E-state index >= 15 is 0 Å². The maximum Gasteiger partial charge on any atom is 0.410 e. The van der Waals surface area contributed by atoms with Crippen LogP contribution in [0.1, 0.15) is 45.6 Å². The van der Waals surface area contributed by atoms with Gasteiger partial charge in [0.05, 0.1) is 29.6 Å². The first-order valence-corrected chi connectivity index (χ1v) is 16.7. The molecule has 0 radical (unpaired) electrons. The molecule has 0 saturated carbocycles. The number of hydrogen-bond donors (Lipinski definition) is 3. The van der Waals surface area contributed by atoms with Crippen molar-refractivity contribution in [3.63, 3.8) is 0 Å². The molecule has 0 spiro atoms. The summed E-state index contributed by atoms with van der Waals surface area (Å²) < 4.78 is 13.4. The van der Waals surface area contributed by atoms with Crippen LogP contribution in [0.5, 0.6) is 0 Å². The van der Waals surface area contributed by atoms with E-state index in [0.717, 1.165) is 28.6 Å². The number of ether oxygens (including phenoxy) is 1. The van der Waals surface area contributed by atoms with Crippen molar-refractivity contribution in [1.82, 2.24) is 4.90 Å². The van der Waals surface area contributed by atoms with Crippen LogP contribution in [0.4, 0.5) is 16.2 Å². The minimum Gasteiger partial charge on any atom is -0.445 e. The number of likely N-dealkylation sites (tertiary alicyclic amines) is 1. The SMILES string of the molecule is CC(C)(C)[Si](C)(C)O[C@H]1CCCN(C(=O)OCc2ccccc2)[C@@H]1CC(O)CNc1ccc(Br)cc1N. The van der Waals surface area contributed by atoms with Crippen molar-refractivity contribution in [3.05, 3.63) is 58.6 Å². The van der Waals surface area contributed by atoms with E-state index in [-0.39, 0.29) is 29.9 Å². The number of nitrogen functional groups attached to an aromatic ring is 1. The molecule has 1 amide bonds. The summed E-state index contributed by atoms with van der Waals surface area (Å²) in [5.41, 5.74) is 8.41. The van der Waals surface area contributed by atoms with Crippen LogP contribution in [0, 0.1) is 0 Å². The average Bonchev–Trinajstić information content (AvgIpc) is 2.83. The van der Waals surface area contributed by atoms with Gasteiger partial charge in [0.1, 0.15) is 6.61 Å². The Morgan fingerprint density at radius 1 is 1.24 bits per heavy atom.